The average molecular weight is 291 g/mol. The number of hydrogen-bond donors (Lipinski definition) is 0. The number of benzene rings is 2. The predicted octanol–water partition coefficient (Wildman–Crippen LogP) is 4.53. The van der Waals surface area contributed by atoms with Crippen molar-refractivity contribution >= 4 is 15.9 Å². The maximum Gasteiger partial charge on any atom is 0.111 e. The van der Waals surface area contributed by atoms with Crippen molar-refractivity contribution in [3.8, 4) is 0 Å². The largest absolute Gasteiger partial charge is 0.355 e. The van der Waals surface area contributed by atoms with Crippen LogP contribution in [-0.4, -0.2) is 5.01 Å². The maximum atomic E-state index is 5.94. The summed E-state index contributed by atoms with van der Waals surface area (Å²) < 4.78 is 5.94. The van der Waals surface area contributed by atoms with Gasteiger partial charge < -0.3 is 4.74 Å². The summed E-state index contributed by atoms with van der Waals surface area (Å²) in [6, 6.07) is 20.5. The van der Waals surface area contributed by atoms with Crippen LogP contribution in [0.1, 0.15) is 24.2 Å². The fourth-order valence-corrected chi connectivity index (χ4v) is 2.01. The van der Waals surface area contributed by atoms with E-state index in [-0.39, 0.29) is 11.1 Å². The molecule has 0 aromatic heterocycles. The number of rotatable bonds is 4. The van der Waals surface area contributed by atoms with Crippen LogP contribution in [0.15, 0.2) is 60.7 Å². The second-order valence-corrected chi connectivity index (χ2v) is 5.17. The Bertz CT molecular complexity index is 399. The predicted molar refractivity (Wildman–Crippen MR) is 74.2 cm³/mol. The number of hydrogen-bond acceptors (Lipinski definition) is 1. The highest BCUT2D eigenvalue weighted by Crippen LogP contribution is 2.28. The molecule has 2 heteroatoms. The number of halogens is 1. The van der Waals surface area contributed by atoms with Crippen LogP contribution in [-0.2, 0) is 4.74 Å². The lowest BCUT2D eigenvalue weighted by Gasteiger charge is -2.20. The minimum atomic E-state index is -0.0215. The van der Waals surface area contributed by atoms with Crippen molar-refractivity contribution in [1.29, 1.82) is 0 Å². The third kappa shape index (κ3) is 3.42. The molecule has 0 saturated carbocycles. The van der Waals surface area contributed by atoms with Gasteiger partial charge in [0.2, 0.25) is 0 Å². The summed E-state index contributed by atoms with van der Waals surface area (Å²) in [5.74, 6) is 0. The van der Waals surface area contributed by atoms with E-state index in [1.807, 2.05) is 43.3 Å². The first-order valence-corrected chi connectivity index (χ1v) is 6.58. The van der Waals surface area contributed by atoms with Gasteiger partial charge in [0.1, 0.15) is 11.1 Å². The Labute approximate surface area is 111 Å². The molecule has 1 nitrogen and oxygen atoms in total. The van der Waals surface area contributed by atoms with Crippen LogP contribution in [0, 0.1) is 0 Å². The van der Waals surface area contributed by atoms with Gasteiger partial charge in [0, 0.05) is 0 Å². The molecule has 0 amide bonds. The van der Waals surface area contributed by atoms with Crippen LogP contribution in [0.3, 0.4) is 0 Å². The van der Waals surface area contributed by atoms with Crippen molar-refractivity contribution < 1.29 is 4.74 Å². The molecule has 2 aromatic carbocycles. The highest BCUT2D eigenvalue weighted by Gasteiger charge is 2.15. The molecule has 0 saturated heterocycles. The Hall–Kier alpha value is -1.12. The molecule has 0 heterocycles. The summed E-state index contributed by atoms with van der Waals surface area (Å²) in [6.45, 7) is 1.98. The van der Waals surface area contributed by atoms with Crippen LogP contribution in [0.4, 0.5) is 0 Å². The second kappa shape index (κ2) is 5.99. The topological polar surface area (TPSA) is 9.23 Å². The zero-order valence-electron chi connectivity index (χ0n) is 9.71. The minimum Gasteiger partial charge on any atom is -0.355 e. The molecule has 17 heavy (non-hydrogen) atoms. The molecule has 0 N–H and O–H groups in total. The molecule has 88 valence electrons. The van der Waals surface area contributed by atoms with Crippen molar-refractivity contribution in [2.24, 2.45) is 0 Å². The second-order valence-electron chi connectivity index (χ2n) is 3.88. The lowest BCUT2D eigenvalue weighted by Crippen LogP contribution is -2.09. The summed E-state index contributed by atoms with van der Waals surface area (Å²) >= 11 is 3.45. The number of alkyl halides is 1. The van der Waals surface area contributed by atoms with E-state index in [1.165, 1.54) is 11.1 Å². The van der Waals surface area contributed by atoms with Crippen LogP contribution < -0.4 is 0 Å². The van der Waals surface area contributed by atoms with E-state index in [4.69, 9.17) is 4.74 Å². The van der Waals surface area contributed by atoms with Crippen molar-refractivity contribution in [1.82, 2.24) is 0 Å². The van der Waals surface area contributed by atoms with Crippen LogP contribution in [0.25, 0.3) is 0 Å². The highest BCUT2D eigenvalue weighted by molar-refractivity contribution is 9.09. The van der Waals surface area contributed by atoms with Crippen LogP contribution in [0.2, 0.25) is 0 Å². The van der Waals surface area contributed by atoms with E-state index in [0.29, 0.717) is 0 Å². The monoisotopic (exact) mass is 290 g/mol. The van der Waals surface area contributed by atoms with Crippen molar-refractivity contribution in [2.45, 2.75) is 18.0 Å². The van der Waals surface area contributed by atoms with Gasteiger partial charge in [-0.15, -0.1) is 0 Å². The third-order valence-corrected chi connectivity index (χ3v) is 2.74. The first-order valence-electron chi connectivity index (χ1n) is 5.67. The van der Waals surface area contributed by atoms with E-state index in [1.54, 1.807) is 0 Å². The normalized spacial score (nSPS) is 12.6. The van der Waals surface area contributed by atoms with Gasteiger partial charge in [-0.1, -0.05) is 76.6 Å². The van der Waals surface area contributed by atoms with E-state index in [9.17, 15) is 0 Å². The third-order valence-electron chi connectivity index (χ3n) is 2.53. The first-order chi connectivity index (χ1) is 8.27. The Kier molecular flexibility index (Phi) is 4.35. The van der Waals surface area contributed by atoms with Gasteiger partial charge in [-0.3, -0.25) is 0 Å². The lowest BCUT2D eigenvalue weighted by atomic mass is 10.0. The molecule has 0 aliphatic rings. The molecule has 0 aliphatic heterocycles. The van der Waals surface area contributed by atoms with E-state index in [0.717, 1.165) is 0 Å². The van der Waals surface area contributed by atoms with Gasteiger partial charge in [-0.05, 0) is 18.1 Å². The Morgan fingerprint density at radius 3 is 1.59 bits per heavy atom. The molecule has 1 atom stereocenters. The fraction of sp³-hybridized carbons (Fsp3) is 0.200. The quantitative estimate of drug-likeness (QED) is 0.752. The summed E-state index contributed by atoms with van der Waals surface area (Å²) in [6.07, 6.45) is -0.0215. The first kappa shape index (κ1) is 12.3. The Balaban J connectivity index is 2.32. The van der Waals surface area contributed by atoms with E-state index < -0.39 is 0 Å². The molecular formula is C15H15BrO. The van der Waals surface area contributed by atoms with Gasteiger partial charge in [0.25, 0.3) is 0 Å². The molecule has 0 bridgehead atoms. The molecule has 0 fully saturated rings. The SMILES string of the molecule is CC(Br)OC(c1ccccc1)c1ccccc1. The van der Waals surface area contributed by atoms with Crippen LogP contribution >= 0.6 is 15.9 Å². The zero-order valence-corrected chi connectivity index (χ0v) is 11.3. The van der Waals surface area contributed by atoms with Crippen molar-refractivity contribution in [3.63, 3.8) is 0 Å². The summed E-state index contributed by atoms with van der Waals surface area (Å²) in [5.41, 5.74) is 2.34. The van der Waals surface area contributed by atoms with Crippen molar-refractivity contribution in [2.75, 3.05) is 0 Å². The maximum absolute atomic E-state index is 5.94. The smallest absolute Gasteiger partial charge is 0.111 e. The Morgan fingerprint density at radius 1 is 0.824 bits per heavy atom. The minimum absolute atomic E-state index is 0.0212. The summed E-state index contributed by atoms with van der Waals surface area (Å²) in [7, 11) is 0. The summed E-state index contributed by atoms with van der Waals surface area (Å²) in [5, 5.41) is 0.0212. The van der Waals surface area contributed by atoms with Gasteiger partial charge in [-0.2, -0.15) is 0 Å². The molecule has 2 aromatic rings. The molecule has 0 aliphatic carbocycles. The van der Waals surface area contributed by atoms with Gasteiger partial charge in [-0.25, -0.2) is 0 Å². The fourth-order valence-electron chi connectivity index (χ4n) is 1.79. The van der Waals surface area contributed by atoms with E-state index in [2.05, 4.69) is 40.2 Å². The summed E-state index contributed by atoms with van der Waals surface area (Å²) in [4.78, 5) is 0. The van der Waals surface area contributed by atoms with Gasteiger partial charge in [0.15, 0.2) is 0 Å². The molecule has 1 unspecified atom stereocenters. The Morgan fingerprint density at radius 2 is 1.24 bits per heavy atom. The number of ether oxygens (including phenoxy) is 1. The standard InChI is InChI=1S/C15H15BrO/c1-12(16)17-15(13-8-4-2-5-9-13)14-10-6-3-7-11-14/h2-12,15H,1H3. The highest BCUT2D eigenvalue weighted by atomic mass is 79.9. The molecule has 2 rings (SSSR count). The molecular weight excluding hydrogens is 276 g/mol. The molecule has 0 spiro atoms. The molecule has 0 radical (unpaired) electrons. The lowest BCUT2D eigenvalue weighted by molar-refractivity contribution is 0.0740. The van der Waals surface area contributed by atoms with Crippen molar-refractivity contribution in [3.05, 3.63) is 71.8 Å². The van der Waals surface area contributed by atoms with E-state index >= 15 is 0 Å². The van der Waals surface area contributed by atoms with Gasteiger partial charge >= 0.3 is 0 Å². The average Bonchev–Trinajstić information content (AvgIpc) is 2.38. The van der Waals surface area contributed by atoms with Crippen LogP contribution in [0.5, 0.6) is 0 Å². The zero-order chi connectivity index (χ0) is 12.1. The van der Waals surface area contributed by atoms with Gasteiger partial charge in [0.05, 0.1) is 0 Å².